The second-order valence-electron chi connectivity index (χ2n) is 6.96. The molecule has 5 heteroatoms. The molecule has 0 aromatic heterocycles. The smallest absolute Gasteiger partial charge is 0.416 e. The topological polar surface area (TPSA) is 55.8 Å². The molecule has 0 saturated carbocycles. The van der Waals surface area contributed by atoms with E-state index in [1.807, 2.05) is 20.8 Å². The Morgan fingerprint density at radius 2 is 2.10 bits per heavy atom. The standard InChI is InChI=1S/C15H25NO4/c1-10-6-5-7-19-11(10)8-13(17)16-12(15(2,3)4)9-20-14(16)18/h10-12H,5-9H2,1-4H3/t10-,11-,12+/m0/s1. The fraction of sp³-hybridized carbons (Fsp3) is 0.867. The lowest BCUT2D eigenvalue weighted by molar-refractivity contribution is -0.136. The number of hydrogen-bond acceptors (Lipinski definition) is 4. The Hall–Kier alpha value is -1.10. The van der Waals surface area contributed by atoms with Crippen LogP contribution in [0.3, 0.4) is 0 Å². The van der Waals surface area contributed by atoms with E-state index in [-0.39, 0.29) is 36.5 Å². The third-order valence-electron chi connectivity index (χ3n) is 4.29. The van der Waals surface area contributed by atoms with Crippen LogP contribution in [0, 0.1) is 11.3 Å². The third kappa shape index (κ3) is 3.14. The van der Waals surface area contributed by atoms with Gasteiger partial charge in [0.05, 0.1) is 18.6 Å². The fourth-order valence-electron chi connectivity index (χ4n) is 2.86. The molecule has 2 heterocycles. The molecule has 0 N–H and O–H groups in total. The maximum atomic E-state index is 12.5. The van der Waals surface area contributed by atoms with E-state index in [1.54, 1.807) is 0 Å². The maximum Gasteiger partial charge on any atom is 0.416 e. The zero-order valence-electron chi connectivity index (χ0n) is 12.8. The molecule has 20 heavy (non-hydrogen) atoms. The van der Waals surface area contributed by atoms with Gasteiger partial charge in [-0.25, -0.2) is 9.69 Å². The van der Waals surface area contributed by atoms with Gasteiger partial charge in [0, 0.05) is 6.61 Å². The summed E-state index contributed by atoms with van der Waals surface area (Å²) in [6, 6.07) is -0.193. The van der Waals surface area contributed by atoms with Gasteiger partial charge in [-0.2, -0.15) is 0 Å². The second-order valence-corrected chi connectivity index (χ2v) is 6.96. The summed E-state index contributed by atoms with van der Waals surface area (Å²) in [6.07, 6.45) is 1.79. The first-order chi connectivity index (χ1) is 9.30. The summed E-state index contributed by atoms with van der Waals surface area (Å²) in [5.41, 5.74) is -0.180. The van der Waals surface area contributed by atoms with Crippen LogP contribution in [0.2, 0.25) is 0 Å². The van der Waals surface area contributed by atoms with Gasteiger partial charge in [0.2, 0.25) is 5.91 Å². The molecule has 5 nitrogen and oxygen atoms in total. The van der Waals surface area contributed by atoms with E-state index in [9.17, 15) is 9.59 Å². The van der Waals surface area contributed by atoms with Crippen molar-refractivity contribution in [3.8, 4) is 0 Å². The third-order valence-corrected chi connectivity index (χ3v) is 4.29. The molecule has 2 amide bonds. The average molecular weight is 283 g/mol. The van der Waals surface area contributed by atoms with E-state index in [4.69, 9.17) is 9.47 Å². The number of ether oxygens (including phenoxy) is 2. The summed E-state index contributed by atoms with van der Waals surface area (Å²) in [7, 11) is 0. The number of amides is 2. The van der Waals surface area contributed by atoms with Gasteiger partial charge in [0.15, 0.2) is 0 Å². The van der Waals surface area contributed by atoms with E-state index in [0.29, 0.717) is 12.5 Å². The largest absolute Gasteiger partial charge is 0.447 e. The van der Waals surface area contributed by atoms with E-state index >= 15 is 0 Å². The minimum absolute atomic E-state index is 0.0785. The predicted octanol–water partition coefficient (Wildman–Crippen LogP) is 2.59. The molecule has 0 spiro atoms. The lowest BCUT2D eigenvalue weighted by Crippen LogP contribution is -2.47. The van der Waals surface area contributed by atoms with E-state index in [2.05, 4.69) is 6.92 Å². The summed E-state index contributed by atoms with van der Waals surface area (Å²) < 4.78 is 10.7. The van der Waals surface area contributed by atoms with Gasteiger partial charge in [0.1, 0.15) is 6.61 Å². The first-order valence-electron chi connectivity index (χ1n) is 7.41. The van der Waals surface area contributed by atoms with E-state index in [1.165, 1.54) is 4.90 Å². The van der Waals surface area contributed by atoms with Crippen molar-refractivity contribution in [2.75, 3.05) is 13.2 Å². The van der Waals surface area contributed by atoms with E-state index < -0.39 is 6.09 Å². The van der Waals surface area contributed by atoms with Crippen molar-refractivity contribution in [2.45, 2.75) is 59.1 Å². The van der Waals surface area contributed by atoms with Crippen molar-refractivity contribution < 1.29 is 19.1 Å². The molecule has 2 saturated heterocycles. The van der Waals surface area contributed by atoms with Crippen LogP contribution in [0.4, 0.5) is 4.79 Å². The highest BCUT2D eigenvalue weighted by Crippen LogP contribution is 2.31. The first kappa shape index (κ1) is 15.3. The number of carbonyl (C=O) groups is 2. The molecule has 0 radical (unpaired) electrons. The average Bonchev–Trinajstić information content (AvgIpc) is 2.74. The van der Waals surface area contributed by atoms with Gasteiger partial charge in [0.25, 0.3) is 0 Å². The van der Waals surface area contributed by atoms with Crippen molar-refractivity contribution in [3.05, 3.63) is 0 Å². The van der Waals surface area contributed by atoms with Crippen LogP contribution in [0.25, 0.3) is 0 Å². The van der Waals surface area contributed by atoms with Crippen LogP contribution in [-0.4, -0.2) is 42.3 Å². The SMILES string of the molecule is C[C@H]1CCCO[C@H]1CC(=O)N1C(=O)OC[C@@H]1C(C)(C)C. The van der Waals surface area contributed by atoms with Crippen molar-refractivity contribution >= 4 is 12.0 Å². The minimum Gasteiger partial charge on any atom is -0.447 e. The van der Waals surface area contributed by atoms with Gasteiger partial charge < -0.3 is 9.47 Å². The lowest BCUT2D eigenvalue weighted by atomic mass is 9.86. The van der Waals surface area contributed by atoms with Crippen LogP contribution >= 0.6 is 0 Å². The highest BCUT2D eigenvalue weighted by molar-refractivity contribution is 5.93. The van der Waals surface area contributed by atoms with E-state index in [0.717, 1.165) is 12.8 Å². The van der Waals surface area contributed by atoms with Gasteiger partial charge in [-0.3, -0.25) is 4.79 Å². The van der Waals surface area contributed by atoms with Crippen LogP contribution in [-0.2, 0) is 14.3 Å². The molecular formula is C15H25NO4. The van der Waals surface area contributed by atoms with Gasteiger partial charge in [-0.15, -0.1) is 0 Å². The molecule has 3 atom stereocenters. The monoisotopic (exact) mass is 283 g/mol. The number of nitrogens with zero attached hydrogens (tertiary/aromatic N) is 1. The van der Waals surface area contributed by atoms with Gasteiger partial charge in [-0.1, -0.05) is 27.7 Å². The van der Waals surface area contributed by atoms with Crippen molar-refractivity contribution in [2.24, 2.45) is 11.3 Å². The zero-order chi connectivity index (χ0) is 14.9. The quantitative estimate of drug-likeness (QED) is 0.781. The molecule has 0 aliphatic carbocycles. The van der Waals surface area contributed by atoms with Crippen LogP contribution in [0.15, 0.2) is 0 Å². The molecular weight excluding hydrogens is 258 g/mol. The number of carbonyl (C=O) groups excluding carboxylic acids is 2. The fourth-order valence-corrected chi connectivity index (χ4v) is 2.86. The molecule has 0 bridgehead atoms. The highest BCUT2D eigenvalue weighted by Gasteiger charge is 2.44. The molecule has 2 aliphatic rings. The molecule has 2 aliphatic heterocycles. The Labute approximate surface area is 120 Å². The Bertz CT molecular complexity index is 388. The number of cyclic esters (lactones) is 1. The molecule has 0 unspecified atom stereocenters. The summed E-state index contributed by atoms with van der Waals surface area (Å²) in [5, 5.41) is 0. The summed E-state index contributed by atoms with van der Waals surface area (Å²) in [4.78, 5) is 25.6. The number of hydrogen-bond donors (Lipinski definition) is 0. The molecule has 0 aromatic rings. The lowest BCUT2D eigenvalue weighted by Gasteiger charge is -2.33. The summed E-state index contributed by atoms with van der Waals surface area (Å²) >= 11 is 0. The van der Waals surface area contributed by atoms with Crippen LogP contribution < -0.4 is 0 Å². The maximum absolute atomic E-state index is 12.5. The predicted molar refractivity (Wildman–Crippen MR) is 74.2 cm³/mol. The summed E-state index contributed by atoms with van der Waals surface area (Å²) in [5.74, 6) is 0.186. The van der Waals surface area contributed by atoms with Crippen molar-refractivity contribution in [1.29, 1.82) is 0 Å². The molecule has 0 aromatic carbocycles. The number of rotatable bonds is 2. The zero-order valence-corrected chi connectivity index (χ0v) is 12.8. The second kappa shape index (κ2) is 5.72. The summed E-state index contributed by atoms with van der Waals surface area (Å²) in [6.45, 7) is 9.13. The Balaban J connectivity index is 2.04. The highest BCUT2D eigenvalue weighted by atomic mass is 16.6. The van der Waals surface area contributed by atoms with Crippen LogP contribution in [0.1, 0.15) is 47.0 Å². The van der Waals surface area contributed by atoms with Gasteiger partial charge in [-0.05, 0) is 24.2 Å². The molecule has 2 fully saturated rings. The normalized spacial score (nSPS) is 31.3. The first-order valence-corrected chi connectivity index (χ1v) is 7.41. The Morgan fingerprint density at radius 3 is 2.70 bits per heavy atom. The number of imide groups is 1. The van der Waals surface area contributed by atoms with Crippen molar-refractivity contribution in [1.82, 2.24) is 4.90 Å². The Morgan fingerprint density at radius 1 is 1.40 bits per heavy atom. The molecule has 114 valence electrons. The molecule has 2 rings (SSSR count). The van der Waals surface area contributed by atoms with Crippen molar-refractivity contribution in [3.63, 3.8) is 0 Å². The van der Waals surface area contributed by atoms with Gasteiger partial charge >= 0.3 is 6.09 Å². The Kier molecular flexibility index (Phi) is 4.37. The minimum atomic E-state index is -0.515. The van der Waals surface area contributed by atoms with Crippen LogP contribution in [0.5, 0.6) is 0 Å².